The molecule has 1 aliphatic heterocycles. The summed E-state index contributed by atoms with van der Waals surface area (Å²) in [5, 5.41) is 2.75. The molecular weight excluding hydrogens is 440 g/mol. The highest BCUT2D eigenvalue weighted by molar-refractivity contribution is 7.92. The van der Waals surface area contributed by atoms with Crippen molar-refractivity contribution in [2.24, 2.45) is 0 Å². The highest BCUT2D eigenvalue weighted by Gasteiger charge is 2.32. The number of ether oxygens (including phenoxy) is 1. The molecule has 0 radical (unpaired) electrons. The number of rotatable bonds is 5. The molecule has 0 aromatic heterocycles. The zero-order chi connectivity index (χ0) is 23.8. The van der Waals surface area contributed by atoms with Crippen LogP contribution in [0, 0.1) is 13.8 Å². The molecule has 8 heteroatoms. The summed E-state index contributed by atoms with van der Waals surface area (Å²) in [7, 11) is -2.27. The lowest BCUT2D eigenvalue weighted by Crippen LogP contribution is -2.29. The van der Waals surface area contributed by atoms with Gasteiger partial charge in [0.2, 0.25) is 5.91 Å². The molecule has 3 aromatic carbocycles. The molecule has 0 spiro atoms. The molecule has 1 heterocycles. The number of para-hydroxylation sites is 1. The number of sulfonamides is 1. The summed E-state index contributed by atoms with van der Waals surface area (Å²) in [6.45, 7) is 3.79. The highest BCUT2D eigenvalue weighted by Crippen LogP contribution is 2.33. The molecular formula is C25H24N2O5S. The van der Waals surface area contributed by atoms with Crippen LogP contribution in [0.3, 0.4) is 0 Å². The molecule has 1 N–H and O–H groups in total. The normalized spacial score (nSPS) is 15.4. The summed E-state index contributed by atoms with van der Waals surface area (Å²) in [6.07, 6.45) is 0.00484. The number of nitrogens with zero attached hydrogens (tertiary/aromatic N) is 1. The van der Waals surface area contributed by atoms with Crippen LogP contribution in [0.4, 0.5) is 11.4 Å². The number of benzene rings is 3. The van der Waals surface area contributed by atoms with Crippen molar-refractivity contribution in [2.75, 3.05) is 16.7 Å². The fraction of sp³-hybridized carbons (Fsp3) is 0.200. The van der Waals surface area contributed by atoms with Gasteiger partial charge in [-0.25, -0.2) is 8.42 Å². The largest absolute Gasteiger partial charge is 0.426 e. The summed E-state index contributed by atoms with van der Waals surface area (Å²) >= 11 is 0. The second kappa shape index (κ2) is 8.71. The van der Waals surface area contributed by atoms with Crippen molar-refractivity contribution in [1.29, 1.82) is 0 Å². The van der Waals surface area contributed by atoms with E-state index in [9.17, 15) is 18.0 Å². The zero-order valence-corrected chi connectivity index (χ0v) is 19.3. The van der Waals surface area contributed by atoms with Gasteiger partial charge in [0, 0.05) is 19.2 Å². The molecule has 170 valence electrons. The molecule has 4 rings (SSSR count). The van der Waals surface area contributed by atoms with Crippen LogP contribution in [-0.2, 0) is 19.6 Å². The maximum Gasteiger partial charge on any atom is 0.319 e. The predicted octanol–water partition coefficient (Wildman–Crippen LogP) is 4.16. The van der Waals surface area contributed by atoms with Gasteiger partial charge in [0.25, 0.3) is 10.0 Å². The van der Waals surface area contributed by atoms with Crippen LogP contribution in [0.2, 0.25) is 0 Å². The highest BCUT2D eigenvalue weighted by atomic mass is 32.2. The van der Waals surface area contributed by atoms with Gasteiger partial charge in [-0.1, -0.05) is 24.3 Å². The van der Waals surface area contributed by atoms with E-state index in [-0.39, 0.29) is 23.0 Å². The fourth-order valence-electron chi connectivity index (χ4n) is 3.70. The molecule has 1 unspecified atom stereocenters. The number of hydrogen-bond acceptors (Lipinski definition) is 5. The smallest absolute Gasteiger partial charge is 0.319 e. The van der Waals surface area contributed by atoms with Crippen LogP contribution in [0.5, 0.6) is 5.75 Å². The lowest BCUT2D eigenvalue weighted by molar-refractivity contribution is -0.138. The number of nitrogens with one attached hydrogen (secondary N) is 1. The molecule has 1 atom stereocenters. The first-order chi connectivity index (χ1) is 15.7. The predicted molar refractivity (Wildman–Crippen MR) is 126 cm³/mol. The van der Waals surface area contributed by atoms with E-state index in [2.05, 4.69) is 5.32 Å². The van der Waals surface area contributed by atoms with Crippen molar-refractivity contribution in [3.8, 4) is 5.75 Å². The van der Waals surface area contributed by atoms with Gasteiger partial charge in [0.1, 0.15) is 5.75 Å². The first-order valence-electron chi connectivity index (χ1n) is 10.4. The lowest BCUT2D eigenvalue weighted by Gasteiger charge is -2.24. The Labute approximate surface area is 193 Å². The Balaban J connectivity index is 1.51. The molecule has 0 saturated heterocycles. The van der Waals surface area contributed by atoms with Crippen molar-refractivity contribution < 1.29 is 22.7 Å². The van der Waals surface area contributed by atoms with E-state index in [0.29, 0.717) is 16.9 Å². The van der Waals surface area contributed by atoms with Gasteiger partial charge in [-0.15, -0.1) is 0 Å². The molecule has 1 aliphatic rings. The second-order valence-electron chi connectivity index (χ2n) is 8.03. The van der Waals surface area contributed by atoms with Gasteiger partial charge >= 0.3 is 5.97 Å². The molecule has 0 bridgehead atoms. The van der Waals surface area contributed by atoms with Crippen molar-refractivity contribution in [1.82, 2.24) is 0 Å². The van der Waals surface area contributed by atoms with Gasteiger partial charge in [0.05, 0.1) is 16.5 Å². The van der Waals surface area contributed by atoms with Crippen LogP contribution >= 0.6 is 0 Å². The number of aryl methyl sites for hydroxylation is 2. The first kappa shape index (κ1) is 22.5. The third-order valence-corrected chi connectivity index (χ3v) is 7.62. The van der Waals surface area contributed by atoms with Gasteiger partial charge in [-0.05, 0) is 73.0 Å². The van der Waals surface area contributed by atoms with E-state index in [1.54, 1.807) is 54.6 Å². The van der Waals surface area contributed by atoms with Crippen molar-refractivity contribution >= 4 is 33.3 Å². The van der Waals surface area contributed by atoms with E-state index in [1.807, 2.05) is 13.8 Å². The number of anilines is 2. The average Bonchev–Trinajstić information content (AvgIpc) is 2.80. The topological polar surface area (TPSA) is 92.8 Å². The van der Waals surface area contributed by atoms with Crippen molar-refractivity contribution in [2.45, 2.75) is 31.1 Å². The minimum atomic E-state index is -3.74. The number of amides is 1. The summed E-state index contributed by atoms with van der Waals surface area (Å²) in [6, 6.07) is 18.4. The van der Waals surface area contributed by atoms with E-state index < -0.39 is 21.9 Å². The van der Waals surface area contributed by atoms with Crippen molar-refractivity contribution in [3.05, 3.63) is 83.4 Å². The summed E-state index contributed by atoms with van der Waals surface area (Å²) < 4.78 is 32.7. The van der Waals surface area contributed by atoms with E-state index >= 15 is 0 Å². The second-order valence-corrected chi connectivity index (χ2v) is 9.99. The minimum Gasteiger partial charge on any atom is -0.426 e. The fourth-order valence-corrected chi connectivity index (χ4v) is 4.99. The number of hydrogen-bond donors (Lipinski definition) is 1. The Morgan fingerprint density at radius 3 is 2.39 bits per heavy atom. The monoisotopic (exact) mass is 464 g/mol. The molecule has 33 heavy (non-hydrogen) atoms. The van der Waals surface area contributed by atoms with E-state index in [1.165, 1.54) is 23.5 Å². The third-order valence-electron chi connectivity index (χ3n) is 5.84. The molecule has 7 nitrogen and oxygen atoms in total. The molecule has 1 amide bonds. The van der Waals surface area contributed by atoms with Crippen LogP contribution in [0.1, 0.15) is 29.0 Å². The van der Waals surface area contributed by atoms with E-state index in [0.717, 1.165) is 11.1 Å². The zero-order valence-electron chi connectivity index (χ0n) is 18.5. The van der Waals surface area contributed by atoms with Gasteiger partial charge in [0.15, 0.2) is 0 Å². The maximum absolute atomic E-state index is 13.0. The number of fused-ring (bicyclic) bond motifs is 1. The van der Waals surface area contributed by atoms with Crippen LogP contribution in [0.15, 0.2) is 71.6 Å². The number of carbonyl (C=O) groups is 2. The Morgan fingerprint density at radius 1 is 1.00 bits per heavy atom. The minimum absolute atomic E-state index is 0.00484. The Bertz CT molecular complexity index is 1330. The lowest BCUT2D eigenvalue weighted by atomic mass is 9.91. The van der Waals surface area contributed by atoms with Crippen LogP contribution < -0.4 is 14.4 Å². The van der Waals surface area contributed by atoms with Crippen LogP contribution in [0.25, 0.3) is 0 Å². The van der Waals surface area contributed by atoms with Gasteiger partial charge in [-0.2, -0.15) is 0 Å². The number of carbonyl (C=O) groups excluding carboxylic acids is 2. The molecule has 0 saturated carbocycles. The Kier molecular flexibility index (Phi) is 5.95. The first-order valence-corrected chi connectivity index (χ1v) is 11.9. The SMILES string of the molecule is Cc1ccc(S(=O)(=O)N(C)c2ccc(OC(=O)C3CC(=O)Nc4ccccc43)cc2)cc1C. The molecule has 0 aliphatic carbocycles. The third kappa shape index (κ3) is 4.47. The van der Waals surface area contributed by atoms with E-state index in [4.69, 9.17) is 4.74 Å². The van der Waals surface area contributed by atoms with Gasteiger partial charge < -0.3 is 10.1 Å². The van der Waals surface area contributed by atoms with Crippen LogP contribution in [-0.4, -0.2) is 27.3 Å². The average molecular weight is 465 g/mol. The molecule has 0 fully saturated rings. The Hall–Kier alpha value is -3.65. The number of esters is 1. The summed E-state index contributed by atoms with van der Waals surface area (Å²) in [5.74, 6) is -1.23. The Morgan fingerprint density at radius 2 is 1.70 bits per heavy atom. The van der Waals surface area contributed by atoms with Crippen molar-refractivity contribution in [3.63, 3.8) is 0 Å². The quantitative estimate of drug-likeness (QED) is 0.452. The molecule has 3 aromatic rings. The summed E-state index contributed by atoms with van der Waals surface area (Å²) in [5.41, 5.74) is 3.64. The maximum atomic E-state index is 13.0. The summed E-state index contributed by atoms with van der Waals surface area (Å²) in [4.78, 5) is 25.0. The standard InChI is InChI=1S/C25H24N2O5S/c1-16-8-13-20(14-17(16)2)33(30,31)27(3)18-9-11-19(12-10-18)32-25(29)22-15-24(28)26-23-7-5-4-6-21(22)23/h4-14,22H,15H2,1-3H3,(H,26,28). The van der Waals surface area contributed by atoms with Gasteiger partial charge in [-0.3, -0.25) is 13.9 Å².